The van der Waals surface area contributed by atoms with E-state index in [2.05, 4.69) is 10.3 Å². The SMILES string of the molecule is O=C(Cc1ccc(F)c(F)c1)NCCc1nccs1. The van der Waals surface area contributed by atoms with Gasteiger partial charge in [-0.1, -0.05) is 6.07 Å². The number of nitrogens with zero attached hydrogens (tertiary/aromatic N) is 1. The van der Waals surface area contributed by atoms with Gasteiger partial charge >= 0.3 is 0 Å². The number of hydrogen-bond acceptors (Lipinski definition) is 3. The average Bonchev–Trinajstić information content (AvgIpc) is 2.87. The van der Waals surface area contributed by atoms with Gasteiger partial charge in [0, 0.05) is 24.5 Å². The number of thiazole rings is 1. The second kappa shape index (κ2) is 6.38. The van der Waals surface area contributed by atoms with E-state index in [0.29, 0.717) is 18.5 Å². The van der Waals surface area contributed by atoms with Crippen LogP contribution in [0.5, 0.6) is 0 Å². The van der Waals surface area contributed by atoms with E-state index in [4.69, 9.17) is 0 Å². The van der Waals surface area contributed by atoms with Crippen molar-refractivity contribution in [3.63, 3.8) is 0 Å². The maximum atomic E-state index is 13.0. The second-order valence-electron chi connectivity index (χ2n) is 3.95. The van der Waals surface area contributed by atoms with E-state index >= 15 is 0 Å². The molecule has 1 aromatic carbocycles. The lowest BCUT2D eigenvalue weighted by Crippen LogP contribution is -2.27. The Bertz CT molecular complexity index is 558. The lowest BCUT2D eigenvalue weighted by Gasteiger charge is -2.04. The summed E-state index contributed by atoms with van der Waals surface area (Å²) >= 11 is 1.53. The van der Waals surface area contributed by atoms with Gasteiger partial charge in [0.2, 0.25) is 5.91 Å². The van der Waals surface area contributed by atoms with Crippen molar-refractivity contribution in [2.24, 2.45) is 0 Å². The van der Waals surface area contributed by atoms with Crippen LogP contribution >= 0.6 is 11.3 Å². The Morgan fingerprint density at radius 2 is 2.16 bits per heavy atom. The predicted octanol–water partition coefficient (Wildman–Crippen LogP) is 2.32. The second-order valence-corrected chi connectivity index (χ2v) is 4.93. The van der Waals surface area contributed by atoms with Crippen molar-refractivity contribution in [3.8, 4) is 0 Å². The van der Waals surface area contributed by atoms with E-state index in [1.54, 1.807) is 6.20 Å². The van der Waals surface area contributed by atoms with Crippen LogP contribution in [0.15, 0.2) is 29.8 Å². The fourth-order valence-corrected chi connectivity index (χ4v) is 2.20. The van der Waals surface area contributed by atoms with Crippen LogP contribution in [0.25, 0.3) is 0 Å². The van der Waals surface area contributed by atoms with Gasteiger partial charge in [-0.3, -0.25) is 4.79 Å². The summed E-state index contributed by atoms with van der Waals surface area (Å²) in [7, 11) is 0. The zero-order valence-electron chi connectivity index (χ0n) is 10.0. The van der Waals surface area contributed by atoms with Crippen LogP contribution in [0.2, 0.25) is 0 Å². The predicted molar refractivity (Wildman–Crippen MR) is 68.9 cm³/mol. The highest BCUT2D eigenvalue weighted by atomic mass is 32.1. The number of carbonyl (C=O) groups excluding carboxylic acids is 1. The van der Waals surface area contributed by atoms with Crippen LogP contribution in [0.4, 0.5) is 8.78 Å². The zero-order valence-corrected chi connectivity index (χ0v) is 10.8. The average molecular weight is 282 g/mol. The molecule has 1 aromatic heterocycles. The van der Waals surface area contributed by atoms with E-state index in [1.807, 2.05) is 5.38 Å². The molecular formula is C13H12F2N2OS. The lowest BCUT2D eigenvalue weighted by atomic mass is 10.1. The van der Waals surface area contributed by atoms with Crippen LogP contribution in [0, 0.1) is 11.6 Å². The molecule has 0 unspecified atom stereocenters. The van der Waals surface area contributed by atoms with E-state index in [9.17, 15) is 13.6 Å². The van der Waals surface area contributed by atoms with Crippen molar-refractivity contribution in [3.05, 3.63) is 52.0 Å². The summed E-state index contributed by atoms with van der Waals surface area (Å²) in [6, 6.07) is 3.46. The monoisotopic (exact) mass is 282 g/mol. The largest absolute Gasteiger partial charge is 0.355 e. The van der Waals surface area contributed by atoms with Crippen LogP contribution in [0.3, 0.4) is 0 Å². The number of carbonyl (C=O) groups is 1. The molecule has 0 atom stereocenters. The molecule has 2 aromatic rings. The molecule has 0 saturated heterocycles. The van der Waals surface area contributed by atoms with Gasteiger partial charge in [-0.2, -0.15) is 0 Å². The van der Waals surface area contributed by atoms with Gasteiger partial charge in [0.05, 0.1) is 11.4 Å². The highest BCUT2D eigenvalue weighted by Gasteiger charge is 2.07. The minimum atomic E-state index is -0.937. The Kier molecular flexibility index (Phi) is 4.57. The number of hydrogen-bond donors (Lipinski definition) is 1. The Hall–Kier alpha value is -1.82. The number of amides is 1. The molecular weight excluding hydrogens is 270 g/mol. The van der Waals surface area contributed by atoms with Crippen LogP contribution in [-0.4, -0.2) is 17.4 Å². The topological polar surface area (TPSA) is 42.0 Å². The third-order valence-electron chi connectivity index (χ3n) is 2.49. The highest BCUT2D eigenvalue weighted by Crippen LogP contribution is 2.09. The van der Waals surface area contributed by atoms with E-state index in [1.165, 1.54) is 17.4 Å². The molecule has 0 spiro atoms. The summed E-state index contributed by atoms with van der Waals surface area (Å²) in [5, 5.41) is 5.54. The maximum Gasteiger partial charge on any atom is 0.224 e. The molecule has 3 nitrogen and oxygen atoms in total. The van der Waals surface area contributed by atoms with E-state index in [-0.39, 0.29) is 12.3 Å². The summed E-state index contributed by atoms with van der Waals surface area (Å²) in [6.45, 7) is 0.482. The fourth-order valence-electron chi connectivity index (χ4n) is 1.58. The molecule has 0 saturated carbocycles. The molecule has 19 heavy (non-hydrogen) atoms. The van der Waals surface area contributed by atoms with Gasteiger partial charge < -0.3 is 5.32 Å². The first-order valence-corrected chi connectivity index (χ1v) is 6.62. The molecule has 2 rings (SSSR count). The number of nitrogens with one attached hydrogen (secondary N) is 1. The molecule has 1 heterocycles. The third-order valence-corrected chi connectivity index (χ3v) is 3.33. The van der Waals surface area contributed by atoms with E-state index < -0.39 is 11.6 Å². The third kappa shape index (κ3) is 4.10. The molecule has 1 N–H and O–H groups in total. The van der Waals surface area contributed by atoms with Gasteiger partial charge in [-0.15, -0.1) is 11.3 Å². The standard InChI is InChI=1S/C13H12F2N2OS/c14-10-2-1-9(7-11(10)15)8-12(18)16-4-3-13-17-5-6-19-13/h1-2,5-7H,3-4,8H2,(H,16,18). The Labute approximate surface area is 113 Å². The van der Waals surface area contributed by atoms with Crippen LogP contribution < -0.4 is 5.32 Å². The molecule has 0 fully saturated rings. The van der Waals surface area contributed by atoms with Crippen molar-refractivity contribution in [2.45, 2.75) is 12.8 Å². The normalized spacial score (nSPS) is 10.4. The maximum absolute atomic E-state index is 13.0. The molecule has 0 radical (unpaired) electrons. The summed E-state index contributed by atoms with van der Waals surface area (Å²) in [4.78, 5) is 15.7. The number of benzene rings is 1. The molecule has 6 heteroatoms. The van der Waals surface area contributed by atoms with Gasteiger partial charge in [0.1, 0.15) is 0 Å². The van der Waals surface area contributed by atoms with Crippen molar-refractivity contribution in [1.82, 2.24) is 10.3 Å². The number of rotatable bonds is 5. The van der Waals surface area contributed by atoms with E-state index in [0.717, 1.165) is 17.1 Å². The molecule has 100 valence electrons. The first-order valence-electron chi connectivity index (χ1n) is 5.74. The van der Waals surface area contributed by atoms with Crippen molar-refractivity contribution in [1.29, 1.82) is 0 Å². The Morgan fingerprint density at radius 1 is 1.32 bits per heavy atom. The van der Waals surface area contributed by atoms with Gasteiger partial charge in [0.15, 0.2) is 11.6 Å². The first-order chi connectivity index (χ1) is 9.15. The van der Waals surface area contributed by atoms with Crippen LogP contribution in [-0.2, 0) is 17.6 Å². The molecule has 0 aliphatic carbocycles. The van der Waals surface area contributed by atoms with Crippen molar-refractivity contribution in [2.75, 3.05) is 6.54 Å². The van der Waals surface area contributed by atoms with Gasteiger partial charge in [-0.05, 0) is 17.7 Å². The Balaban J connectivity index is 1.79. The molecule has 0 aliphatic rings. The molecule has 0 aliphatic heterocycles. The van der Waals surface area contributed by atoms with Crippen molar-refractivity contribution < 1.29 is 13.6 Å². The minimum Gasteiger partial charge on any atom is -0.355 e. The lowest BCUT2D eigenvalue weighted by molar-refractivity contribution is -0.120. The van der Waals surface area contributed by atoms with Gasteiger partial charge in [-0.25, -0.2) is 13.8 Å². The fraction of sp³-hybridized carbons (Fsp3) is 0.231. The minimum absolute atomic E-state index is 0.0368. The summed E-state index contributed by atoms with van der Waals surface area (Å²) in [5.74, 6) is -2.07. The quantitative estimate of drug-likeness (QED) is 0.914. The number of aromatic nitrogens is 1. The number of halogens is 2. The smallest absolute Gasteiger partial charge is 0.224 e. The van der Waals surface area contributed by atoms with Crippen molar-refractivity contribution >= 4 is 17.2 Å². The molecule has 1 amide bonds. The Morgan fingerprint density at radius 3 is 2.84 bits per heavy atom. The summed E-state index contributed by atoms with van der Waals surface area (Å²) in [6.07, 6.45) is 2.42. The summed E-state index contributed by atoms with van der Waals surface area (Å²) in [5.41, 5.74) is 0.450. The molecule has 0 bridgehead atoms. The highest BCUT2D eigenvalue weighted by molar-refractivity contribution is 7.09. The summed E-state index contributed by atoms with van der Waals surface area (Å²) < 4.78 is 25.7. The first kappa shape index (κ1) is 13.6. The zero-order chi connectivity index (χ0) is 13.7. The van der Waals surface area contributed by atoms with Crippen LogP contribution in [0.1, 0.15) is 10.6 Å². The van der Waals surface area contributed by atoms with Gasteiger partial charge in [0.25, 0.3) is 0 Å².